The molecule has 6 unspecified atom stereocenters. The quantitative estimate of drug-likeness (QED) is 0.140. The van der Waals surface area contributed by atoms with Crippen molar-refractivity contribution in [1.29, 1.82) is 0 Å². The summed E-state index contributed by atoms with van der Waals surface area (Å²) in [7, 11) is 1.13. The van der Waals surface area contributed by atoms with E-state index in [0.717, 1.165) is 45.3 Å². The van der Waals surface area contributed by atoms with Gasteiger partial charge in [0.25, 0.3) is 5.91 Å². The van der Waals surface area contributed by atoms with Crippen LogP contribution >= 0.6 is 0 Å². The first-order valence-electron chi connectivity index (χ1n) is 12.7. The number of nitrogens with one attached hydrogen (secondary N) is 2. The van der Waals surface area contributed by atoms with E-state index in [2.05, 4.69) is 10.6 Å². The number of hydrogen-bond acceptors (Lipinski definition) is 10. The van der Waals surface area contributed by atoms with E-state index in [4.69, 9.17) is 14.2 Å². The predicted octanol–water partition coefficient (Wildman–Crippen LogP) is 0.115. The molecule has 2 aliphatic rings. The Morgan fingerprint density at radius 1 is 1.03 bits per heavy atom. The molecule has 2 fully saturated rings. The molecule has 5 N–H and O–H groups in total. The van der Waals surface area contributed by atoms with Crippen LogP contribution in [0.1, 0.15) is 58.8 Å². The fourth-order valence-electron chi connectivity index (χ4n) is 4.18. The molecule has 210 valence electrons. The number of carbonyl (C=O) groups is 4. The summed E-state index contributed by atoms with van der Waals surface area (Å²) < 4.78 is 15.7. The zero-order valence-electron chi connectivity index (χ0n) is 21.6. The van der Waals surface area contributed by atoms with Crippen molar-refractivity contribution >= 4 is 24.3 Å². The maximum absolute atomic E-state index is 12.8. The van der Waals surface area contributed by atoms with E-state index >= 15 is 0 Å². The Hall–Kier alpha value is -2.54. The van der Waals surface area contributed by atoms with E-state index in [-0.39, 0.29) is 25.5 Å². The minimum Gasteiger partial charge on any atom is -0.431 e. The monoisotopic (exact) mass is 528 g/mol. The van der Waals surface area contributed by atoms with Gasteiger partial charge in [-0.15, -0.1) is 0 Å². The minimum atomic E-state index is -1.84. The number of aliphatic hydroxyl groups excluding tert-OH is 3. The summed E-state index contributed by atoms with van der Waals surface area (Å²) in [5.74, 6) is -1.39. The maximum Gasteiger partial charge on any atom is 0.508 e. The molecular formula is C25H40N2O10. The summed E-state index contributed by atoms with van der Waals surface area (Å²) in [6.45, 7) is 3.23. The van der Waals surface area contributed by atoms with Crippen LogP contribution in [0, 0.1) is 5.41 Å². The summed E-state index contributed by atoms with van der Waals surface area (Å²) in [5, 5.41) is 36.0. The highest BCUT2D eigenvalue weighted by Crippen LogP contribution is 2.21. The number of hydrogen-bond donors (Lipinski definition) is 5. The number of aliphatic hydroxyl groups is 3. The molecule has 2 rings (SSSR count). The van der Waals surface area contributed by atoms with Crippen LogP contribution in [0.4, 0.5) is 4.79 Å². The molecule has 0 aromatic rings. The highest BCUT2D eigenvalue weighted by atomic mass is 16.7. The van der Waals surface area contributed by atoms with Crippen LogP contribution in [-0.2, 0) is 28.6 Å². The largest absolute Gasteiger partial charge is 0.508 e. The van der Waals surface area contributed by atoms with Crippen LogP contribution in [-0.4, -0.2) is 95.9 Å². The smallest absolute Gasteiger partial charge is 0.431 e. The van der Waals surface area contributed by atoms with Crippen molar-refractivity contribution in [3.8, 4) is 0 Å². The number of methoxy groups -OCH3 is 1. The van der Waals surface area contributed by atoms with Gasteiger partial charge in [0.1, 0.15) is 42.8 Å². The molecule has 0 aromatic carbocycles. The molecule has 0 aromatic heterocycles. The third-order valence-electron chi connectivity index (χ3n) is 6.54. The van der Waals surface area contributed by atoms with Crippen LogP contribution in [0.5, 0.6) is 0 Å². The van der Waals surface area contributed by atoms with Gasteiger partial charge in [0.2, 0.25) is 5.91 Å². The molecule has 12 nitrogen and oxygen atoms in total. The van der Waals surface area contributed by atoms with Gasteiger partial charge in [0.05, 0.1) is 6.54 Å². The maximum atomic E-state index is 12.8. The second-order valence-corrected chi connectivity index (χ2v) is 10.2. The lowest BCUT2D eigenvalue weighted by atomic mass is 9.93. The van der Waals surface area contributed by atoms with Crippen LogP contribution in [0.25, 0.3) is 0 Å². The van der Waals surface area contributed by atoms with Gasteiger partial charge in [-0.2, -0.15) is 0 Å². The Balaban J connectivity index is 1.90. The molecule has 12 heteroatoms. The second kappa shape index (κ2) is 14.4. The number of allylic oxidation sites excluding steroid dienone is 1. The number of ether oxygens (including phenoxy) is 3. The molecule has 0 spiro atoms. The number of aldehydes is 1. The van der Waals surface area contributed by atoms with Gasteiger partial charge in [0, 0.05) is 12.5 Å². The minimum absolute atomic E-state index is 0.0513. The highest BCUT2D eigenvalue weighted by Gasteiger charge is 2.38. The lowest BCUT2D eigenvalue weighted by Crippen LogP contribution is -2.55. The van der Waals surface area contributed by atoms with Crippen LogP contribution in [0.15, 0.2) is 12.2 Å². The van der Waals surface area contributed by atoms with Gasteiger partial charge in [0.15, 0.2) is 6.10 Å². The molecule has 0 bridgehead atoms. The summed E-state index contributed by atoms with van der Waals surface area (Å²) in [6, 6.07) is -1.00. The first kappa shape index (κ1) is 30.7. The SMILES string of the molecule is COC(C(=O)NC1CCC(OC(=O)OC2CCCCC2)CNC1=O)C(O)C(O)C(O)C=CC(C)(C)C=O. The van der Waals surface area contributed by atoms with Crippen molar-refractivity contribution in [2.45, 2.75) is 101 Å². The fourth-order valence-corrected chi connectivity index (χ4v) is 4.18. The molecule has 1 saturated heterocycles. The van der Waals surface area contributed by atoms with E-state index < -0.39 is 59.9 Å². The average Bonchev–Trinajstić information content (AvgIpc) is 3.04. The van der Waals surface area contributed by atoms with Gasteiger partial charge in [-0.3, -0.25) is 9.59 Å². The van der Waals surface area contributed by atoms with Gasteiger partial charge in [-0.1, -0.05) is 18.6 Å². The van der Waals surface area contributed by atoms with Gasteiger partial charge in [-0.05, 0) is 52.4 Å². The zero-order valence-corrected chi connectivity index (χ0v) is 21.6. The first-order chi connectivity index (χ1) is 17.5. The van der Waals surface area contributed by atoms with Crippen molar-refractivity contribution in [3.05, 3.63) is 12.2 Å². The average molecular weight is 529 g/mol. The van der Waals surface area contributed by atoms with Crippen molar-refractivity contribution in [1.82, 2.24) is 10.6 Å². The lowest BCUT2D eigenvalue weighted by Gasteiger charge is -2.28. The molecule has 37 heavy (non-hydrogen) atoms. The fraction of sp³-hybridized carbons (Fsp3) is 0.760. The van der Waals surface area contributed by atoms with E-state index in [1.807, 2.05) is 0 Å². The Morgan fingerprint density at radius 2 is 1.68 bits per heavy atom. The topological polar surface area (TPSA) is 181 Å². The van der Waals surface area contributed by atoms with Crippen molar-refractivity contribution in [2.24, 2.45) is 5.41 Å². The summed E-state index contributed by atoms with van der Waals surface area (Å²) in [5.41, 5.74) is -0.898. The van der Waals surface area contributed by atoms with E-state index in [1.54, 1.807) is 13.8 Å². The number of carbonyl (C=O) groups excluding carboxylic acids is 4. The molecule has 1 heterocycles. The van der Waals surface area contributed by atoms with Gasteiger partial charge >= 0.3 is 6.16 Å². The van der Waals surface area contributed by atoms with Crippen molar-refractivity contribution in [3.63, 3.8) is 0 Å². The third-order valence-corrected chi connectivity index (χ3v) is 6.54. The molecular weight excluding hydrogens is 488 g/mol. The first-order valence-corrected chi connectivity index (χ1v) is 12.7. The van der Waals surface area contributed by atoms with Crippen molar-refractivity contribution in [2.75, 3.05) is 13.7 Å². The van der Waals surface area contributed by atoms with Gasteiger partial charge in [-0.25, -0.2) is 4.79 Å². The summed E-state index contributed by atoms with van der Waals surface area (Å²) >= 11 is 0. The van der Waals surface area contributed by atoms with Crippen LogP contribution in [0.3, 0.4) is 0 Å². The van der Waals surface area contributed by atoms with Crippen LogP contribution in [0.2, 0.25) is 0 Å². The van der Waals surface area contributed by atoms with Crippen molar-refractivity contribution < 1.29 is 48.7 Å². The normalized spacial score (nSPS) is 24.8. The van der Waals surface area contributed by atoms with Gasteiger partial charge < -0.3 is 45.0 Å². The third kappa shape index (κ3) is 9.69. The van der Waals surface area contributed by atoms with Crippen LogP contribution < -0.4 is 10.6 Å². The van der Waals surface area contributed by atoms with E-state index in [0.29, 0.717) is 6.29 Å². The molecule has 6 atom stereocenters. The summed E-state index contributed by atoms with van der Waals surface area (Å²) in [4.78, 5) is 48.4. The van der Waals surface area contributed by atoms with E-state index in [1.165, 1.54) is 6.08 Å². The van der Waals surface area contributed by atoms with E-state index in [9.17, 15) is 34.5 Å². The molecule has 1 aliphatic heterocycles. The number of rotatable bonds is 11. The Kier molecular flexibility index (Phi) is 12.0. The predicted molar refractivity (Wildman–Crippen MR) is 130 cm³/mol. The molecule has 0 radical (unpaired) electrons. The highest BCUT2D eigenvalue weighted by molar-refractivity contribution is 5.89. The lowest BCUT2D eigenvalue weighted by molar-refractivity contribution is -0.150. The summed E-state index contributed by atoms with van der Waals surface area (Å²) in [6.07, 6.45) is -0.146. The second-order valence-electron chi connectivity index (χ2n) is 10.2. The molecule has 1 aliphatic carbocycles. The number of amides is 2. The zero-order chi connectivity index (χ0) is 27.6. The Bertz CT molecular complexity index is 811. The molecule has 2 amide bonds. The Labute approximate surface area is 216 Å². The molecule has 1 saturated carbocycles. The Morgan fingerprint density at radius 3 is 2.30 bits per heavy atom. The standard InChI is InChI=1S/C25H40N2O10/c1-25(2,14-28)12-11-18(29)19(30)20(31)21(35-3)23(33)27-17-10-9-16(13-26-22(17)32)37-24(34)36-15-7-5-4-6-8-15/h11-12,14-21,29-31H,4-10,13H2,1-3H3,(H,26,32)(H,27,33).